The maximum absolute atomic E-state index is 10.8. The molecule has 3 rings (SSSR count). The zero-order valence-electron chi connectivity index (χ0n) is 10.7. The molecule has 0 amide bonds. The van der Waals surface area contributed by atoms with Crippen molar-refractivity contribution < 1.29 is 9.90 Å². The summed E-state index contributed by atoms with van der Waals surface area (Å²) in [5.74, 6) is -0.869. The maximum atomic E-state index is 10.8. The molecule has 0 fully saturated rings. The van der Waals surface area contributed by atoms with Crippen LogP contribution in [0.5, 0.6) is 0 Å². The topological polar surface area (TPSA) is 49.3 Å². The molecule has 0 aliphatic heterocycles. The Morgan fingerprint density at radius 2 is 1.85 bits per heavy atom. The second kappa shape index (κ2) is 5.35. The highest BCUT2D eigenvalue weighted by Gasteiger charge is 2.06. The van der Waals surface area contributed by atoms with Gasteiger partial charge in [0.15, 0.2) is 0 Å². The molecule has 1 heterocycles. The first-order valence-corrected chi connectivity index (χ1v) is 7.09. The first kappa shape index (κ1) is 12.7. The molecule has 0 radical (unpaired) electrons. The van der Waals surface area contributed by atoms with Gasteiger partial charge >= 0.3 is 5.97 Å². The second-order valence-electron chi connectivity index (χ2n) is 4.49. The number of benzene rings is 2. The van der Waals surface area contributed by atoms with Gasteiger partial charge in [-0.3, -0.25) is 0 Å². The van der Waals surface area contributed by atoms with Crippen molar-refractivity contribution in [2.75, 3.05) is 5.32 Å². The molecule has 0 saturated heterocycles. The summed E-state index contributed by atoms with van der Waals surface area (Å²) >= 11 is 1.30. The molecule has 2 N–H and O–H groups in total. The van der Waals surface area contributed by atoms with Crippen LogP contribution in [0.4, 0.5) is 5.69 Å². The number of carboxylic acids is 1. The van der Waals surface area contributed by atoms with Crippen LogP contribution in [0.3, 0.4) is 0 Å². The summed E-state index contributed by atoms with van der Waals surface area (Å²) in [6, 6.07) is 17.9. The lowest BCUT2D eigenvalue weighted by molar-refractivity contribution is 0.0702. The second-order valence-corrected chi connectivity index (χ2v) is 5.65. The van der Waals surface area contributed by atoms with Crippen LogP contribution in [-0.2, 0) is 6.54 Å². The molecular weight excluding hydrogens is 270 g/mol. The number of rotatable bonds is 4. The first-order chi connectivity index (χ1) is 9.72. The maximum Gasteiger partial charge on any atom is 0.345 e. The Morgan fingerprint density at radius 1 is 1.05 bits per heavy atom. The third-order valence-electron chi connectivity index (χ3n) is 3.09. The van der Waals surface area contributed by atoms with Crippen molar-refractivity contribution in [1.82, 2.24) is 0 Å². The van der Waals surface area contributed by atoms with Gasteiger partial charge < -0.3 is 10.4 Å². The van der Waals surface area contributed by atoms with Crippen LogP contribution in [0, 0.1) is 0 Å². The zero-order valence-corrected chi connectivity index (χ0v) is 11.5. The molecule has 4 heteroatoms. The molecule has 0 unspecified atom stereocenters. The summed E-state index contributed by atoms with van der Waals surface area (Å²) in [4.78, 5) is 12.2. The lowest BCUT2D eigenvalue weighted by Gasteiger charge is -2.06. The zero-order chi connectivity index (χ0) is 13.9. The summed E-state index contributed by atoms with van der Waals surface area (Å²) in [7, 11) is 0. The van der Waals surface area contributed by atoms with Crippen molar-refractivity contribution >= 4 is 33.8 Å². The van der Waals surface area contributed by atoms with Crippen LogP contribution >= 0.6 is 11.3 Å². The molecule has 0 saturated carbocycles. The number of anilines is 1. The van der Waals surface area contributed by atoms with E-state index in [4.69, 9.17) is 5.11 Å². The Kier molecular flexibility index (Phi) is 3.39. The van der Waals surface area contributed by atoms with E-state index in [1.807, 2.05) is 24.3 Å². The minimum absolute atomic E-state index is 0.375. The van der Waals surface area contributed by atoms with Gasteiger partial charge in [0.05, 0.1) is 0 Å². The highest BCUT2D eigenvalue weighted by molar-refractivity contribution is 7.13. The molecule has 0 spiro atoms. The number of hydrogen-bond donors (Lipinski definition) is 2. The van der Waals surface area contributed by atoms with Crippen LogP contribution in [0.25, 0.3) is 10.8 Å². The minimum atomic E-state index is -0.869. The molecule has 100 valence electrons. The lowest BCUT2D eigenvalue weighted by atomic mass is 10.1. The van der Waals surface area contributed by atoms with E-state index in [0.717, 1.165) is 10.6 Å². The summed E-state index contributed by atoms with van der Waals surface area (Å²) in [6.45, 7) is 0.635. The van der Waals surface area contributed by atoms with E-state index >= 15 is 0 Å². The van der Waals surface area contributed by atoms with Gasteiger partial charge in [0.2, 0.25) is 0 Å². The standard InChI is InChI=1S/C16H13NO2S/c18-16(19)15-8-7-14(20-15)10-17-13-6-5-11-3-1-2-4-12(11)9-13/h1-9,17H,10H2,(H,18,19). The van der Waals surface area contributed by atoms with E-state index in [1.165, 1.54) is 22.1 Å². The van der Waals surface area contributed by atoms with Crippen LogP contribution in [-0.4, -0.2) is 11.1 Å². The SMILES string of the molecule is O=C(O)c1ccc(CNc2ccc3ccccc3c2)s1. The van der Waals surface area contributed by atoms with E-state index in [9.17, 15) is 4.79 Å². The molecule has 0 aliphatic carbocycles. The number of aromatic carboxylic acids is 1. The number of carboxylic acid groups (broad SMARTS) is 1. The van der Waals surface area contributed by atoms with E-state index in [0.29, 0.717) is 11.4 Å². The average Bonchev–Trinajstić information content (AvgIpc) is 2.94. The minimum Gasteiger partial charge on any atom is -0.477 e. The average molecular weight is 283 g/mol. The van der Waals surface area contributed by atoms with Gasteiger partial charge in [0.25, 0.3) is 0 Å². The van der Waals surface area contributed by atoms with Crippen molar-refractivity contribution in [3.63, 3.8) is 0 Å². The summed E-state index contributed by atoms with van der Waals surface area (Å²) in [5.41, 5.74) is 1.04. The van der Waals surface area contributed by atoms with Gasteiger partial charge in [-0.05, 0) is 35.0 Å². The molecule has 20 heavy (non-hydrogen) atoms. The third kappa shape index (κ3) is 2.65. The molecule has 3 aromatic rings. The Balaban J connectivity index is 1.74. The van der Waals surface area contributed by atoms with Gasteiger partial charge in [-0.2, -0.15) is 0 Å². The monoisotopic (exact) mass is 283 g/mol. The predicted octanol–water partition coefficient (Wildman–Crippen LogP) is 4.21. The normalized spacial score (nSPS) is 10.6. The summed E-state index contributed by atoms with van der Waals surface area (Å²) < 4.78 is 0. The Bertz CT molecular complexity index is 764. The molecule has 0 aliphatic rings. The van der Waals surface area contributed by atoms with E-state index in [-0.39, 0.29) is 0 Å². The number of fused-ring (bicyclic) bond motifs is 1. The first-order valence-electron chi connectivity index (χ1n) is 6.27. The number of thiophene rings is 1. The number of carbonyl (C=O) groups is 1. The largest absolute Gasteiger partial charge is 0.477 e. The van der Waals surface area contributed by atoms with Crippen molar-refractivity contribution in [1.29, 1.82) is 0 Å². The van der Waals surface area contributed by atoms with Crippen LogP contribution in [0.2, 0.25) is 0 Å². The van der Waals surface area contributed by atoms with Crippen molar-refractivity contribution in [2.24, 2.45) is 0 Å². The van der Waals surface area contributed by atoms with Gasteiger partial charge in [-0.15, -0.1) is 11.3 Å². The van der Waals surface area contributed by atoms with Crippen molar-refractivity contribution in [3.8, 4) is 0 Å². The molecule has 1 aromatic heterocycles. The highest BCUT2D eigenvalue weighted by Crippen LogP contribution is 2.21. The van der Waals surface area contributed by atoms with Crippen molar-refractivity contribution in [2.45, 2.75) is 6.54 Å². The molecule has 0 bridgehead atoms. The van der Waals surface area contributed by atoms with Gasteiger partial charge in [0.1, 0.15) is 4.88 Å². The fourth-order valence-corrected chi connectivity index (χ4v) is 2.86. The van der Waals surface area contributed by atoms with E-state index < -0.39 is 5.97 Å². The van der Waals surface area contributed by atoms with Crippen LogP contribution in [0.1, 0.15) is 14.5 Å². The molecule has 3 nitrogen and oxygen atoms in total. The quantitative estimate of drug-likeness (QED) is 0.754. The predicted molar refractivity (Wildman–Crippen MR) is 82.6 cm³/mol. The van der Waals surface area contributed by atoms with Crippen LogP contribution in [0.15, 0.2) is 54.6 Å². The molecule has 2 aromatic carbocycles. The fourth-order valence-electron chi connectivity index (χ4n) is 2.08. The smallest absolute Gasteiger partial charge is 0.345 e. The molecule has 0 atom stereocenters. The Morgan fingerprint density at radius 3 is 2.60 bits per heavy atom. The van der Waals surface area contributed by atoms with Gasteiger partial charge in [-0.1, -0.05) is 30.3 Å². The number of hydrogen-bond acceptors (Lipinski definition) is 3. The third-order valence-corrected chi connectivity index (χ3v) is 4.16. The summed E-state index contributed by atoms with van der Waals surface area (Å²) in [6.07, 6.45) is 0. The Labute approximate surface area is 120 Å². The van der Waals surface area contributed by atoms with Gasteiger partial charge in [0, 0.05) is 17.1 Å². The van der Waals surface area contributed by atoms with E-state index in [1.54, 1.807) is 6.07 Å². The fraction of sp³-hybridized carbons (Fsp3) is 0.0625. The number of nitrogens with one attached hydrogen (secondary N) is 1. The highest BCUT2D eigenvalue weighted by atomic mass is 32.1. The van der Waals surface area contributed by atoms with Gasteiger partial charge in [-0.25, -0.2) is 4.79 Å². The van der Waals surface area contributed by atoms with Crippen molar-refractivity contribution in [3.05, 3.63) is 64.4 Å². The summed E-state index contributed by atoms with van der Waals surface area (Å²) in [5, 5.41) is 14.6. The molecular formula is C16H13NO2S. The van der Waals surface area contributed by atoms with E-state index in [2.05, 4.69) is 29.6 Å². The lowest BCUT2D eigenvalue weighted by Crippen LogP contribution is -1.97. The van der Waals surface area contributed by atoms with Crippen LogP contribution < -0.4 is 5.32 Å². The Hall–Kier alpha value is -2.33.